The molecule has 0 N–H and O–H groups in total. The van der Waals surface area contributed by atoms with E-state index < -0.39 is 0 Å². The Balaban J connectivity index is 1.75. The second-order valence-electron chi connectivity index (χ2n) is 5.02. The molecule has 1 aromatic rings. The molecule has 0 aromatic heterocycles. The molecule has 0 bridgehead atoms. The Morgan fingerprint density at radius 1 is 1.40 bits per heavy atom. The molecule has 5 nitrogen and oxygen atoms in total. The van der Waals surface area contributed by atoms with Gasteiger partial charge in [-0.2, -0.15) is 0 Å². The van der Waals surface area contributed by atoms with Crippen LogP contribution < -0.4 is 9.47 Å². The number of carbonyl (C=O) groups is 1. The van der Waals surface area contributed by atoms with Crippen molar-refractivity contribution in [1.82, 2.24) is 9.80 Å². The van der Waals surface area contributed by atoms with E-state index in [0.29, 0.717) is 6.54 Å². The second kappa shape index (κ2) is 6.61. The zero-order chi connectivity index (χ0) is 14.5. The summed E-state index contributed by atoms with van der Waals surface area (Å²) < 4.78 is 11.0. The van der Waals surface area contributed by atoms with Crippen molar-refractivity contribution < 1.29 is 14.3 Å². The largest absolute Gasteiger partial charge is 0.497 e. The van der Waals surface area contributed by atoms with E-state index in [1.54, 1.807) is 12.0 Å². The van der Waals surface area contributed by atoms with E-state index >= 15 is 0 Å². The first kappa shape index (κ1) is 14.7. The van der Waals surface area contributed by atoms with Gasteiger partial charge in [-0.1, -0.05) is 6.07 Å². The molecule has 110 valence electrons. The normalized spacial score (nSPS) is 15.6. The summed E-state index contributed by atoms with van der Waals surface area (Å²) in [5, 5.41) is 0. The first-order valence-corrected chi connectivity index (χ1v) is 6.89. The van der Waals surface area contributed by atoms with Crippen molar-refractivity contribution in [2.45, 2.75) is 13.0 Å². The Bertz CT molecular complexity index is 458. The Hall–Kier alpha value is -1.75. The van der Waals surface area contributed by atoms with Crippen LogP contribution in [0.3, 0.4) is 0 Å². The topological polar surface area (TPSA) is 42.0 Å². The summed E-state index contributed by atoms with van der Waals surface area (Å²) in [6.45, 7) is 4.78. The van der Waals surface area contributed by atoms with Crippen molar-refractivity contribution in [3.63, 3.8) is 0 Å². The third-order valence-electron chi connectivity index (χ3n) is 3.53. The number of benzene rings is 1. The predicted octanol–water partition coefficient (Wildman–Crippen LogP) is 1.24. The van der Waals surface area contributed by atoms with E-state index in [1.807, 2.05) is 38.2 Å². The Labute approximate surface area is 120 Å². The van der Waals surface area contributed by atoms with Crippen molar-refractivity contribution in [3.05, 3.63) is 24.3 Å². The summed E-state index contributed by atoms with van der Waals surface area (Å²) in [7, 11) is 3.46. The van der Waals surface area contributed by atoms with E-state index in [0.717, 1.165) is 31.1 Å². The van der Waals surface area contributed by atoms with Crippen molar-refractivity contribution in [2.24, 2.45) is 0 Å². The monoisotopic (exact) mass is 278 g/mol. The summed E-state index contributed by atoms with van der Waals surface area (Å²) in [6, 6.07) is 7.59. The molecular weight excluding hydrogens is 256 g/mol. The zero-order valence-corrected chi connectivity index (χ0v) is 12.3. The summed E-state index contributed by atoms with van der Waals surface area (Å²) >= 11 is 0. The number of hydrogen-bond acceptors (Lipinski definition) is 4. The summed E-state index contributed by atoms with van der Waals surface area (Å²) in [6.07, 6.45) is 0.154. The summed E-state index contributed by atoms with van der Waals surface area (Å²) in [5.41, 5.74) is 0. The second-order valence-corrected chi connectivity index (χ2v) is 5.02. The number of carbonyl (C=O) groups excluding carboxylic acids is 1. The van der Waals surface area contributed by atoms with Gasteiger partial charge in [-0.15, -0.1) is 0 Å². The first-order chi connectivity index (χ1) is 9.62. The van der Waals surface area contributed by atoms with Crippen LogP contribution in [0.25, 0.3) is 0 Å². The minimum absolute atomic E-state index is 0.154. The highest BCUT2D eigenvalue weighted by Crippen LogP contribution is 2.22. The fourth-order valence-electron chi connectivity index (χ4n) is 2.08. The highest BCUT2D eigenvalue weighted by molar-refractivity contribution is 5.78. The molecule has 0 spiro atoms. The minimum atomic E-state index is 0.154. The fourth-order valence-corrected chi connectivity index (χ4v) is 2.08. The third-order valence-corrected chi connectivity index (χ3v) is 3.53. The predicted molar refractivity (Wildman–Crippen MR) is 77.2 cm³/mol. The van der Waals surface area contributed by atoms with Gasteiger partial charge in [0.2, 0.25) is 5.91 Å². The lowest BCUT2D eigenvalue weighted by molar-refractivity contribution is -0.133. The van der Waals surface area contributed by atoms with Crippen LogP contribution in [-0.2, 0) is 4.79 Å². The van der Waals surface area contributed by atoms with Crippen molar-refractivity contribution >= 4 is 5.91 Å². The third kappa shape index (κ3) is 3.63. The van der Waals surface area contributed by atoms with Crippen molar-refractivity contribution in [3.8, 4) is 11.5 Å². The number of likely N-dealkylation sites (tertiary alicyclic amines) is 1. The molecule has 1 saturated heterocycles. The van der Waals surface area contributed by atoms with Crippen LogP contribution in [0.4, 0.5) is 0 Å². The zero-order valence-electron chi connectivity index (χ0n) is 12.3. The molecule has 0 atom stereocenters. The highest BCUT2D eigenvalue weighted by atomic mass is 16.5. The van der Waals surface area contributed by atoms with E-state index in [1.165, 1.54) is 0 Å². The highest BCUT2D eigenvalue weighted by Gasteiger charge is 2.30. The Kier molecular flexibility index (Phi) is 4.84. The van der Waals surface area contributed by atoms with Crippen LogP contribution in [0.15, 0.2) is 24.3 Å². The van der Waals surface area contributed by atoms with Gasteiger partial charge in [0.15, 0.2) is 0 Å². The molecule has 1 aromatic carbocycles. The molecule has 5 heteroatoms. The molecule has 1 aliphatic rings. The van der Waals surface area contributed by atoms with E-state index in [4.69, 9.17) is 9.47 Å². The van der Waals surface area contributed by atoms with Gasteiger partial charge in [0.05, 0.1) is 13.7 Å². The van der Waals surface area contributed by atoms with E-state index in [2.05, 4.69) is 4.90 Å². The van der Waals surface area contributed by atoms with Gasteiger partial charge in [0, 0.05) is 32.7 Å². The van der Waals surface area contributed by atoms with Crippen LogP contribution in [-0.4, -0.2) is 62.1 Å². The van der Waals surface area contributed by atoms with Crippen LogP contribution in [0, 0.1) is 0 Å². The number of methoxy groups -OCH3 is 1. The Morgan fingerprint density at radius 3 is 2.75 bits per heavy atom. The SMILES string of the molecule is CCN(C)C(=O)CN1CC(Oc2cccc(OC)c2)C1. The van der Waals surface area contributed by atoms with Crippen molar-refractivity contribution in [2.75, 3.05) is 40.3 Å². The van der Waals surface area contributed by atoms with Gasteiger partial charge >= 0.3 is 0 Å². The standard InChI is InChI=1S/C15H22N2O3/c1-4-16(2)15(18)11-17-9-14(10-17)20-13-7-5-6-12(8-13)19-3/h5-8,14H,4,9-11H2,1-3H3. The van der Waals surface area contributed by atoms with Gasteiger partial charge in [-0.25, -0.2) is 0 Å². The van der Waals surface area contributed by atoms with Gasteiger partial charge < -0.3 is 14.4 Å². The average molecular weight is 278 g/mol. The quantitative estimate of drug-likeness (QED) is 0.785. The van der Waals surface area contributed by atoms with Crippen molar-refractivity contribution in [1.29, 1.82) is 0 Å². The molecule has 1 heterocycles. The minimum Gasteiger partial charge on any atom is -0.497 e. The van der Waals surface area contributed by atoms with E-state index in [-0.39, 0.29) is 12.0 Å². The molecule has 20 heavy (non-hydrogen) atoms. The summed E-state index contributed by atoms with van der Waals surface area (Å²) in [5.74, 6) is 1.76. The molecule has 1 amide bonds. The first-order valence-electron chi connectivity index (χ1n) is 6.89. The van der Waals surface area contributed by atoms with Crippen LogP contribution >= 0.6 is 0 Å². The molecule has 2 rings (SSSR count). The number of amides is 1. The molecule has 0 unspecified atom stereocenters. The maximum absolute atomic E-state index is 11.8. The number of rotatable bonds is 6. The molecule has 0 aliphatic carbocycles. The summed E-state index contributed by atoms with van der Waals surface area (Å²) in [4.78, 5) is 15.6. The van der Waals surface area contributed by atoms with Gasteiger partial charge in [0.1, 0.15) is 17.6 Å². The average Bonchev–Trinajstić information content (AvgIpc) is 2.44. The smallest absolute Gasteiger partial charge is 0.236 e. The van der Waals surface area contributed by atoms with E-state index in [9.17, 15) is 4.79 Å². The number of ether oxygens (including phenoxy) is 2. The fraction of sp³-hybridized carbons (Fsp3) is 0.533. The number of nitrogens with zero attached hydrogens (tertiary/aromatic N) is 2. The maximum atomic E-state index is 11.8. The van der Waals surface area contributed by atoms with Gasteiger partial charge in [-0.05, 0) is 19.1 Å². The van der Waals surface area contributed by atoms with Crippen LogP contribution in [0.2, 0.25) is 0 Å². The molecular formula is C15H22N2O3. The lowest BCUT2D eigenvalue weighted by Gasteiger charge is -2.39. The van der Waals surface area contributed by atoms with Gasteiger partial charge in [-0.3, -0.25) is 9.69 Å². The van der Waals surface area contributed by atoms with Gasteiger partial charge in [0.25, 0.3) is 0 Å². The molecule has 0 radical (unpaired) electrons. The Morgan fingerprint density at radius 2 is 2.10 bits per heavy atom. The molecule has 0 saturated carbocycles. The number of hydrogen-bond donors (Lipinski definition) is 0. The van der Waals surface area contributed by atoms with Crippen LogP contribution in [0.1, 0.15) is 6.92 Å². The molecule has 1 fully saturated rings. The maximum Gasteiger partial charge on any atom is 0.236 e. The lowest BCUT2D eigenvalue weighted by Crippen LogP contribution is -2.56. The molecule has 1 aliphatic heterocycles. The lowest BCUT2D eigenvalue weighted by atomic mass is 10.1. The van der Waals surface area contributed by atoms with Crippen LogP contribution in [0.5, 0.6) is 11.5 Å². The number of likely N-dealkylation sites (N-methyl/N-ethyl adjacent to an activating group) is 1.